The summed E-state index contributed by atoms with van der Waals surface area (Å²) in [7, 11) is -3.63. The van der Waals surface area contributed by atoms with Crippen LogP contribution in [0.1, 0.15) is 36.8 Å². The van der Waals surface area contributed by atoms with E-state index < -0.39 is 10.0 Å². The molecule has 0 saturated carbocycles. The van der Waals surface area contributed by atoms with Crippen LogP contribution in [-0.2, 0) is 21.4 Å². The van der Waals surface area contributed by atoms with Crippen LogP contribution >= 0.6 is 0 Å². The molecule has 1 N–H and O–H groups in total. The molecule has 1 amide bonds. The molecule has 1 fully saturated rings. The van der Waals surface area contributed by atoms with Gasteiger partial charge in [0.05, 0.1) is 0 Å². The van der Waals surface area contributed by atoms with E-state index in [9.17, 15) is 13.2 Å². The molecule has 2 aromatic heterocycles. The van der Waals surface area contributed by atoms with Gasteiger partial charge in [-0.15, -0.1) is 0 Å². The van der Waals surface area contributed by atoms with Gasteiger partial charge in [0.25, 0.3) is 0 Å². The summed E-state index contributed by atoms with van der Waals surface area (Å²) in [5.74, 6) is 0.254. The first kappa shape index (κ1) is 20.5. The van der Waals surface area contributed by atoms with Crippen LogP contribution < -0.4 is 5.32 Å². The summed E-state index contributed by atoms with van der Waals surface area (Å²) in [6.07, 6.45) is 4.70. The molecule has 0 aromatic carbocycles. The maximum absolute atomic E-state index is 12.9. The van der Waals surface area contributed by atoms with E-state index in [0.717, 1.165) is 5.56 Å². The smallest absolute Gasteiger partial charge is 0.248 e. The zero-order valence-corrected chi connectivity index (χ0v) is 17.2. The zero-order chi connectivity index (χ0) is 20.3. The van der Waals surface area contributed by atoms with Gasteiger partial charge in [0, 0.05) is 37.9 Å². The Hall–Kier alpha value is -2.26. The lowest BCUT2D eigenvalue weighted by Crippen LogP contribution is -2.42. The molecular weight excluding hydrogens is 380 g/mol. The van der Waals surface area contributed by atoms with Gasteiger partial charge in [-0.25, -0.2) is 8.42 Å². The second kappa shape index (κ2) is 8.40. The number of aryl methyl sites for hydroxylation is 2. The molecular formula is C19H26N4O4S. The van der Waals surface area contributed by atoms with Crippen molar-refractivity contribution in [2.24, 2.45) is 11.8 Å². The summed E-state index contributed by atoms with van der Waals surface area (Å²) in [6.45, 7) is 6.35. The number of carbonyl (C=O) groups is 1. The first-order valence-corrected chi connectivity index (χ1v) is 10.8. The van der Waals surface area contributed by atoms with Crippen LogP contribution in [0.5, 0.6) is 0 Å². The summed E-state index contributed by atoms with van der Waals surface area (Å²) in [5.41, 5.74) is 1.33. The highest BCUT2D eigenvalue weighted by Crippen LogP contribution is 2.30. The zero-order valence-electron chi connectivity index (χ0n) is 16.4. The number of amides is 1. The molecule has 0 aliphatic carbocycles. The number of aromatic nitrogens is 2. The third-order valence-electron chi connectivity index (χ3n) is 5.37. The van der Waals surface area contributed by atoms with Gasteiger partial charge in [0.2, 0.25) is 15.9 Å². The Morgan fingerprint density at radius 2 is 2.07 bits per heavy atom. The predicted molar refractivity (Wildman–Crippen MR) is 103 cm³/mol. The van der Waals surface area contributed by atoms with E-state index in [4.69, 9.17) is 4.52 Å². The Labute approximate surface area is 165 Å². The molecule has 28 heavy (non-hydrogen) atoms. The molecule has 1 saturated heterocycles. The van der Waals surface area contributed by atoms with E-state index in [1.54, 1.807) is 26.2 Å². The quantitative estimate of drug-likeness (QED) is 0.787. The third kappa shape index (κ3) is 4.25. The molecule has 8 nitrogen and oxygen atoms in total. The Balaban J connectivity index is 1.56. The van der Waals surface area contributed by atoms with Crippen LogP contribution in [0.25, 0.3) is 0 Å². The fraction of sp³-hybridized carbons (Fsp3) is 0.526. The van der Waals surface area contributed by atoms with E-state index in [1.165, 1.54) is 4.31 Å². The summed E-state index contributed by atoms with van der Waals surface area (Å²) in [5, 5.41) is 6.69. The number of hydrogen-bond donors (Lipinski definition) is 1. The molecule has 152 valence electrons. The van der Waals surface area contributed by atoms with Gasteiger partial charge >= 0.3 is 0 Å². The molecule has 1 atom stereocenters. The average molecular weight is 407 g/mol. The van der Waals surface area contributed by atoms with Crippen molar-refractivity contribution in [3.63, 3.8) is 0 Å². The van der Waals surface area contributed by atoms with Gasteiger partial charge < -0.3 is 9.84 Å². The Morgan fingerprint density at radius 1 is 1.36 bits per heavy atom. The molecule has 1 aliphatic rings. The Bertz CT molecular complexity index is 899. The van der Waals surface area contributed by atoms with Crippen LogP contribution in [0, 0.1) is 25.7 Å². The monoisotopic (exact) mass is 406 g/mol. The van der Waals surface area contributed by atoms with Gasteiger partial charge in [-0.3, -0.25) is 9.78 Å². The van der Waals surface area contributed by atoms with Gasteiger partial charge in [0.1, 0.15) is 10.6 Å². The SMILES string of the molecule is Cc1noc(C)c1S(=O)(=O)N1CCC([C@@H](C)C(=O)NCc2cccnc2)CC1. The lowest BCUT2D eigenvalue weighted by atomic mass is 9.85. The molecule has 0 spiro atoms. The maximum atomic E-state index is 12.9. The first-order valence-electron chi connectivity index (χ1n) is 9.40. The minimum atomic E-state index is -3.63. The topological polar surface area (TPSA) is 105 Å². The number of pyridine rings is 1. The number of sulfonamides is 1. The normalized spacial score (nSPS) is 17.4. The van der Waals surface area contributed by atoms with Crippen molar-refractivity contribution in [1.29, 1.82) is 0 Å². The van der Waals surface area contributed by atoms with Gasteiger partial charge in [-0.1, -0.05) is 18.1 Å². The van der Waals surface area contributed by atoms with Crippen LogP contribution in [0.15, 0.2) is 33.9 Å². The summed E-state index contributed by atoms with van der Waals surface area (Å²) < 4.78 is 32.3. The largest absolute Gasteiger partial charge is 0.360 e. The standard InChI is InChI=1S/C19H26N4O4S/c1-13(19(24)21-12-16-5-4-8-20-11-16)17-6-9-23(10-7-17)28(25,26)18-14(2)22-27-15(18)3/h4-5,8,11,13,17H,6-7,9-10,12H2,1-3H3,(H,21,24)/t13-/m1/s1. The predicted octanol–water partition coefficient (Wildman–Crippen LogP) is 2.04. The highest BCUT2D eigenvalue weighted by atomic mass is 32.2. The van der Waals surface area contributed by atoms with Crippen molar-refractivity contribution in [2.75, 3.05) is 13.1 Å². The number of rotatable bonds is 6. The average Bonchev–Trinajstić information content (AvgIpc) is 3.05. The van der Waals surface area contributed by atoms with E-state index in [2.05, 4.69) is 15.5 Å². The fourth-order valence-corrected chi connectivity index (χ4v) is 5.42. The molecule has 0 unspecified atom stereocenters. The second-order valence-electron chi connectivity index (χ2n) is 7.26. The highest BCUT2D eigenvalue weighted by molar-refractivity contribution is 7.89. The van der Waals surface area contributed by atoms with Crippen molar-refractivity contribution >= 4 is 15.9 Å². The van der Waals surface area contributed by atoms with Crippen molar-refractivity contribution < 1.29 is 17.7 Å². The maximum Gasteiger partial charge on any atom is 0.248 e. The van der Waals surface area contributed by atoms with Crippen molar-refractivity contribution in [2.45, 2.75) is 45.1 Å². The minimum Gasteiger partial charge on any atom is -0.360 e. The summed E-state index contributed by atoms with van der Waals surface area (Å²) in [4.78, 5) is 16.7. The van der Waals surface area contributed by atoms with Crippen LogP contribution in [0.2, 0.25) is 0 Å². The number of nitrogens with one attached hydrogen (secondary N) is 1. The summed E-state index contributed by atoms with van der Waals surface area (Å²) in [6, 6.07) is 3.75. The van der Waals surface area contributed by atoms with E-state index in [1.807, 2.05) is 19.1 Å². The van der Waals surface area contributed by atoms with Crippen LogP contribution in [0.4, 0.5) is 0 Å². The first-order chi connectivity index (χ1) is 13.3. The number of nitrogens with zero attached hydrogens (tertiary/aromatic N) is 3. The molecule has 2 aromatic rings. The number of piperidine rings is 1. The van der Waals surface area contributed by atoms with Crippen molar-refractivity contribution in [1.82, 2.24) is 19.8 Å². The van der Waals surface area contributed by atoms with Gasteiger partial charge in [-0.2, -0.15) is 4.31 Å². The molecule has 3 heterocycles. The lowest BCUT2D eigenvalue weighted by Gasteiger charge is -2.33. The van der Waals surface area contributed by atoms with Crippen molar-refractivity contribution in [3.8, 4) is 0 Å². The van der Waals surface area contributed by atoms with E-state index in [0.29, 0.717) is 43.9 Å². The second-order valence-corrected chi connectivity index (χ2v) is 9.14. The Morgan fingerprint density at radius 3 is 2.64 bits per heavy atom. The molecule has 0 bridgehead atoms. The molecule has 3 rings (SSSR count). The molecule has 1 aliphatic heterocycles. The number of hydrogen-bond acceptors (Lipinski definition) is 6. The van der Waals surface area contributed by atoms with Crippen molar-refractivity contribution in [3.05, 3.63) is 41.5 Å². The lowest BCUT2D eigenvalue weighted by molar-refractivity contribution is -0.126. The summed E-state index contributed by atoms with van der Waals surface area (Å²) >= 11 is 0. The van der Waals surface area contributed by atoms with E-state index >= 15 is 0 Å². The number of carbonyl (C=O) groups excluding carboxylic acids is 1. The molecule has 0 radical (unpaired) electrons. The molecule has 9 heteroatoms. The van der Waals surface area contributed by atoms with E-state index in [-0.39, 0.29) is 22.6 Å². The van der Waals surface area contributed by atoms with Crippen LogP contribution in [0.3, 0.4) is 0 Å². The van der Waals surface area contributed by atoms with Crippen LogP contribution in [-0.4, -0.2) is 41.9 Å². The van der Waals surface area contributed by atoms with Gasteiger partial charge in [0.15, 0.2) is 5.76 Å². The van der Waals surface area contributed by atoms with Gasteiger partial charge in [-0.05, 0) is 44.2 Å². The fourth-order valence-electron chi connectivity index (χ4n) is 3.66. The highest BCUT2D eigenvalue weighted by Gasteiger charge is 2.36. The Kier molecular flexibility index (Phi) is 6.14. The third-order valence-corrected chi connectivity index (χ3v) is 7.52. The minimum absolute atomic E-state index is 0.0177.